The van der Waals surface area contributed by atoms with Crippen molar-refractivity contribution in [2.45, 2.75) is 52.5 Å². The first-order valence-corrected chi connectivity index (χ1v) is 10.1. The second kappa shape index (κ2) is 11.8. The number of nitrogens with zero attached hydrogens (tertiary/aromatic N) is 4. The molecule has 158 valence electrons. The number of aliphatic imine (C=N–C) groups is 1. The van der Waals surface area contributed by atoms with Gasteiger partial charge in [0.25, 0.3) is 0 Å². The zero-order chi connectivity index (χ0) is 19.8. The number of imidazole rings is 1. The molecular weight excluding hydrogens is 479 g/mol. The maximum Gasteiger partial charge on any atom is 0.191 e. The Bertz CT molecular complexity index is 866. The standard InChI is InChI=1S/C21H30N6O.HI/c1-4-16(5-2)19-13-18(28-26-19)14-24-21(22-6-3)23-11-10-17-15-27-12-8-7-9-20(27)25-17;/h7-9,12-13,15-16H,4-6,10-11,14H2,1-3H3,(H2,22,23,24);1H. The molecule has 29 heavy (non-hydrogen) atoms. The Morgan fingerprint density at radius 3 is 2.76 bits per heavy atom. The normalized spacial score (nSPS) is 11.7. The molecule has 0 spiro atoms. The van der Waals surface area contributed by atoms with Crippen LogP contribution in [0.4, 0.5) is 0 Å². The molecule has 8 heteroatoms. The van der Waals surface area contributed by atoms with E-state index in [-0.39, 0.29) is 24.0 Å². The number of fused-ring (bicyclic) bond motifs is 1. The molecule has 0 aromatic carbocycles. The lowest BCUT2D eigenvalue weighted by Crippen LogP contribution is -2.38. The highest BCUT2D eigenvalue weighted by Gasteiger charge is 2.12. The monoisotopic (exact) mass is 510 g/mol. The van der Waals surface area contributed by atoms with Gasteiger partial charge in [-0.1, -0.05) is 25.1 Å². The highest BCUT2D eigenvalue weighted by Crippen LogP contribution is 2.22. The average Bonchev–Trinajstić information content (AvgIpc) is 3.34. The van der Waals surface area contributed by atoms with Crippen LogP contribution in [-0.2, 0) is 13.0 Å². The van der Waals surface area contributed by atoms with Crippen LogP contribution in [0.3, 0.4) is 0 Å². The minimum atomic E-state index is 0. The topological polar surface area (TPSA) is 79.8 Å². The molecule has 7 nitrogen and oxygen atoms in total. The predicted octanol–water partition coefficient (Wildman–Crippen LogP) is 4.14. The van der Waals surface area contributed by atoms with E-state index in [0.717, 1.165) is 61.1 Å². The molecule has 0 unspecified atom stereocenters. The van der Waals surface area contributed by atoms with Crippen molar-refractivity contribution in [2.24, 2.45) is 4.99 Å². The second-order valence-corrected chi connectivity index (χ2v) is 6.80. The Balaban J connectivity index is 0.00000300. The SMILES string of the molecule is CCNC(=NCc1cc(C(CC)CC)no1)NCCc1cn2ccccc2n1.I. The van der Waals surface area contributed by atoms with Gasteiger partial charge in [-0.25, -0.2) is 9.98 Å². The Morgan fingerprint density at radius 1 is 1.21 bits per heavy atom. The number of pyridine rings is 1. The van der Waals surface area contributed by atoms with E-state index in [0.29, 0.717) is 12.5 Å². The summed E-state index contributed by atoms with van der Waals surface area (Å²) in [4.78, 5) is 9.24. The minimum absolute atomic E-state index is 0. The van der Waals surface area contributed by atoms with Crippen molar-refractivity contribution in [1.82, 2.24) is 25.2 Å². The zero-order valence-corrected chi connectivity index (χ0v) is 19.7. The maximum absolute atomic E-state index is 5.46. The molecule has 0 radical (unpaired) electrons. The van der Waals surface area contributed by atoms with Crippen LogP contribution in [0.1, 0.15) is 56.7 Å². The van der Waals surface area contributed by atoms with Crippen molar-refractivity contribution in [3.05, 3.63) is 53.8 Å². The first-order chi connectivity index (χ1) is 13.7. The summed E-state index contributed by atoms with van der Waals surface area (Å²) in [5, 5.41) is 10.8. The first kappa shape index (κ1) is 23.2. The van der Waals surface area contributed by atoms with E-state index in [1.54, 1.807) is 0 Å². The Morgan fingerprint density at radius 2 is 2.03 bits per heavy atom. The lowest BCUT2D eigenvalue weighted by molar-refractivity contribution is 0.372. The van der Waals surface area contributed by atoms with Gasteiger partial charge in [-0.3, -0.25) is 0 Å². The molecule has 0 aliphatic heterocycles. The highest BCUT2D eigenvalue weighted by molar-refractivity contribution is 14.0. The molecule has 3 heterocycles. The number of halogens is 1. The largest absolute Gasteiger partial charge is 0.359 e. The average molecular weight is 510 g/mol. The van der Waals surface area contributed by atoms with Gasteiger partial charge >= 0.3 is 0 Å². The predicted molar refractivity (Wildman–Crippen MR) is 127 cm³/mol. The molecule has 0 fully saturated rings. The molecule has 3 aromatic rings. The summed E-state index contributed by atoms with van der Waals surface area (Å²) < 4.78 is 7.50. The molecule has 0 bridgehead atoms. The molecular formula is C21H31IN6O. The fourth-order valence-electron chi connectivity index (χ4n) is 3.22. The van der Waals surface area contributed by atoms with Gasteiger partial charge in [0.2, 0.25) is 0 Å². The smallest absolute Gasteiger partial charge is 0.191 e. The molecule has 3 rings (SSSR count). The van der Waals surface area contributed by atoms with Crippen molar-refractivity contribution in [3.8, 4) is 0 Å². The summed E-state index contributed by atoms with van der Waals surface area (Å²) in [6.45, 7) is 8.43. The van der Waals surface area contributed by atoms with Gasteiger partial charge < -0.3 is 19.6 Å². The van der Waals surface area contributed by atoms with Crippen molar-refractivity contribution >= 4 is 35.6 Å². The van der Waals surface area contributed by atoms with Crippen LogP contribution < -0.4 is 10.6 Å². The summed E-state index contributed by atoms with van der Waals surface area (Å²) in [6, 6.07) is 8.04. The molecule has 0 amide bonds. The molecule has 2 N–H and O–H groups in total. The molecule has 0 aliphatic carbocycles. The summed E-state index contributed by atoms with van der Waals surface area (Å²) in [6.07, 6.45) is 7.04. The molecule has 0 aliphatic rings. The zero-order valence-electron chi connectivity index (χ0n) is 17.4. The third-order valence-electron chi connectivity index (χ3n) is 4.81. The second-order valence-electron chi connectivity index (χ2n) is 6.80. The summed E-state index contributed by atoms with van der Waals surface area (Å²) in [5.41, 5.74) is 3.05. The van der Waals surface area contributed by atoms with E-state index in [1.165, 1.54) is 0 Å². The Kier molecular flexibility index (Phi) is 9.43. The number of rotatable bonds is 9. The Labute approximate surface area is 189 Å². The van der Waals surface area contributed by atoms with Crippen molar-refractivity contribution < 1.29 is 4.52 Å². The first-order valence-electron chi connectivity index (χ1n) is 10.1. The minimum Gasteiger partial charge on any atom is -0.359 e. The van der Waals surface area contributed by atoms with Crippen LogP contribution in [0, 0.1) is 0 Å². The van der Waals surface area contributed by atoms with E-state index >= 15 is 0 Å². The van der Waals surface area contributed by atoms with E-state index in [1.807, 2.05) is 34.9 Å². The van der Waals surface area contributed by atoms with Crippen LogP contribution in [0.15, 0.2) is 46.2 Å². The lowest BCUT2D eigenvalue weighted by atomic mass is 9.99. The van der Waals surface area contributed by atoms with Crippen LogP contribution in [0.25, 0.3) is 5.65 Å². The van der Waals surface area contributed by atoms with Gasteiger partial charge in [0.05, 0.1) is 11.4 Å². The van der Waals surface area contributed by atoms with Crippen LogP contribution in [0.5, 0.6) is 0 Å². The lowest BCUT2D eigenvalue weighted by Gasteiger charge is -2.10. The van der Waals surface area contributed by atoms with Gasteiger partial charge in [0, 0.05) is 43.9 Å². The molecule has 0 saturated heterocycles. The number of guanidine groups is 1. The number of hydrogen-bond donors (Lipinski definition) is 2. The molecule has 0 saturated carbocycles. The third-order valence-corrected chi connectivity index (χ3v) is 4.81. The van der Waals surface area contributed by atoms with E-state index in [2.05, 4.69) is 52.7 Å². The Hall–Kier alpha value is -2.10. The van der Waals surface area contributed by atoms with Crippen molar-refractivity contribution in [2.75, 3.05) is 13.1 Å². The molecule has 3 aromatic heterocycles. The van der Waals surface area contributed by atoms with Crippen LogP contribution >= 0.6 is 24.0 Å². The van der Waals surface area contributed by atoms with Gasteiger partial charge in [-0.15, -0.1) is 24.0 Å². The quantitative estimate of drug-likeness (QED) is 0.257. The van der Waals surface area contributed by atoms with E-state index < -0.39 is 0 Å². The van der Waals surface area contributed by atoms with Crippen LogP contribution in [-0.4, -0.2) is 33.6 Å². The van der Waals surface area contributed by atoms with Gasteiger partial charge in [0.15, 0.2) is 11.7 Å². The van der Waals surface area contributed by atoms with Gasteiger partial charge in [-0.05, 0) is 31.9 Å². The number of nitrogens with one attached hydrogen (secondary N) is 2. The fourth-order valence-corrected chi connectivity index (χ4v) is 3.22. The summed E-state index contributed by atoms with van der Waals surface area (Å²) in [5.74, 6) is 2.02. The number of aromatic nitrogens is 3. The van der Waals surface area contributed by atoms with Crippen molar-refractivity contribution in [3.63, 3.8) is 0 Å². The van der Waals surface area contributed by atoms with E-state index in [4.69, 9.17) is 4.52 Å². The highest BCUT2D eigenvalue weighted by atomic mass is 127. The van der Waals surface area contributed by atoms with E-state index in [9.17, 15) is 0 Å². The van der Waals surface area contributed by atoms with Crippen LogP contribution in [0.2, 0.25) is 0 Å². The number of hydrogen-bond acceptors (Lipinski definition) is 4. The fraction of sp³-hybridized carbons (Fsp3) is 0.476. The summed E-state index contributed by atoms with van der Waals surface area (Å²) in [7, 11) is 0. The maximum atomic E-state index is 5.46. The third kappa shape index (κ3) is 6.45. The van der Waals surface area contributed by atoms with Gasteiger partial charge in [0.1, 0.15) is 12.2 Å². The molecule has 0 atom stereocenters. The summed E-state index contributed by atoms with van der Waals surface area (Å²) >= 11 is 0. The van der Waals surface area contributed by atoms with Crippen molar-refractivity contribution in [1.29, 1.82) is 0 Å². The van der Waals surface area contributed by atoms with Gasteiger partial charge in [-0.2, -0.15) is 0 Å².